The molecule has 26 heavy (non-hydrogen) atoms. The minimum Gasteiger partial charge on any atom is -0.451 e. The predicted octanol–water partition coefficient (Wildman–Crippen LogP) is 3.53. The molecule has 2 N–H and O–H groups in total. The third-order valence-electron chi connectivity index (χ3n) is 3.78. The van der Waals surface area contributed by atoms with E-state index in [9.17, 15) is 8.42 Å². The number of sulfonamides is 1. The van der Waals surface area contributed by atoms with E-state index in [1.807, 2.05) is 18.2 Å². The average molecular weight is 366 g/mol. The summed E-state index contributed by atoms with van der Waals surface area (Å²) in [5.74, 6) is 0. The lowest BCUT2D eigenvalue weighted by Gasteiger charge is -2.08. The first-order chi connectivity index (χ1) is 12.6. The molecule has 1 aromatic carbocycles. The first kappa shape index (κ1) is 16.1. The van der Waals surface area contributed by atoms with E-state index >= 15 is 0 Å². The third kappa shape index (κ3) is 3.09. The van der Waals surface area contributed by atoms with Gasteiger partial charge in [-0.15, -0.1) is 0 Å². The van der Waals surface area contributed by atoms with Crippen LogP contribution in [0.3, 0.4) is 0 Å². The summed E-state index contributed by atoms with van der Waals surface area (Å²) in [6, 6.07) is 13.7. The van der Waals surface area contributed by atoms with Crippen LogP contribution in [-0.4, -0.2) is 23.6 Å². The normalized spacial score (nSPS) is 11.4. The van der Waals surface area contributed by atoms with Crippen molar-refractivity contribution in [3.8, 4) is 22.4 Å². The van der Waals surface area contributed by atoms with Crippen LogP contribution in [0.1, 0.15) is 0 Å². The zero-order chi connectivity index (χ0) is 18.0. The van der Waals surface area contributed by atoms with Crippen molar-refractivity contribution in [3.05, 3.63) is 73.4 Å². The average Bonchev–Trinajstić information content (AvgIpc) is 3.34. The van der Waals surface area contributed by atoms with Crippen LogP contribution in [0.2, 0.25) is 0 Å². The Morgan fingerprint density at radius 3 is 2.62 bits per heavy atom. The minimum absolute atomic E-state index is 0.139. The molecule has 0 amide bonds. The Bertz CT molecular complexity index is 1120. The van der Waals surface area contributed by atoms with Crippen molar-refractivity contribution < 1.29 is 12.8 Å². The summed E-state index contributed by atoms with van der Waals surface area (Å²) in [6.07, 6.45) is 6.53. The Hall–Kier alpha value is -3.39. The fraction of sp³-hybridized carbons (Fsp3) is 0. The van der Waals surface area contributed by atoms with Crippen LogP contribution in [-0.2, 0) is 10.0 Å². The molecule has 0 saturated heterocycles. The van der Waals surface area contributed by atoms with Gasteiger partial charge in [0.05, 0.1) is 12.0 Å². The summed E-state index contributed by atoms with van der Waals surface area (Å²) in [4.78, 5) is 4.02. The number of rotatable bonds is 5. The lowest BCUT2D eigenvalue weighted by molar-refractivity contribution is 0.452. The molecule has 3 aromatic heterocycles. The van der Waals surface area contributed by atoms with Gasteiger partial charge in [0.25, 0.3) is 10.0 Å². The zero-order valence-corrected chi connectivity index (χ0v) is 14.3. The van der Waals surface area contributed by atoms with Crippen molar-refractivity contribution in [1.82, 2.24) is 15.2 Å². The summed E-state index contributed by atoms with van der Waals surface area (Å²) in [5.41, 5.74) is 3.78. The van der Waals surface area contributed by atoms with E-state index in [4.69, 9.17) is 4.42 Å². The molecule has 7 nitrogen and oxygen atoms in total. The molecule has 0 atom stereocenters. The van der Waals surface area contributed by atoms with E-state index in [2.05, 4.69) is 19.9 Å². The number of anilines is 1. The molecular formula is C18H14N4O3S. The minimum atomic E-state index is -3.77. The van der Waals surface area contributed by atoms with Crippen LogP contribution < -0.4 is 4.72 Å². The topological polar surface area (TPSA) is 101 Å². The van der Waals surface area contributed by atoms with Gasteiger partial charge in [-0.25, -0.2) is 0 Å². The van der Waals surface area contributed by atoms with Crippen molar-refractivity contribution in [3.63, 3.8) is 0 Å². The van der Waals surface area contributed by atoms with E-state index in [0.29, 0.717) is 5.69 Å². The highest BCUT2D eigenvalue weighted by Gasteiger charge is 2.18. The lowest BCUT2D eigenvalue weighted by Crippen LogP contribution is -2.12. The molecule has 0 unspecified atom stereocenters. The number of hydrogen-bond donors (Lipinski definition) is 2. The Labute approximate surface area is 149 Å². The van der Waals surface area contributed by atoms with Crippen LogP contribution in [0.5, 0.6) is 0 Å². The van der Waals surface area contributed by atoms with Crippen molar-refractivity contribution in [2.24, 2.45) is 0 Å². The molecule has 4 aromatic rings. The van der Waals surface area contributed by atoms with Gasteiger partial charge >= 0.3 is 0 Å². The van der Waals surface area contributed by atoms with Gasteiger partial charge < -0.3 is 4.42 Å². The monoisotopic (exact) mass is 366 g/mol. The highest BCUT2D eigenvalue weighted by Crippen LogP contribution is 2.31. The van der Waals surface area contributed by atoms with Crippen LogP contribution in [0, 0.1) is 0 Å². The van der Waals surface area contributed by atoms with Crippen molar-refractivity contribution >= 4 is 15.7 Å². The van der Waals surface area contributed by atoms with Gasteiger partial charge in [0.15, 0.2) is 0 Å². The quantitative estimate of drug-likeness (QED) is 0.563. The number of benzene rings is 1. The number of nitrogens with zero attached hydrogens (tertiary/aromatic N) is 2. The molecule has 0 spiro atoms. The summed E-state index contributed by atoms with van der Waals surface area (Å²) >= 11 is 0. The van der Waals surface area contributed by atoms with E-state index in [1.54, 1.807) is 36.8 Å². The second kappa shape index (κ2) is 6.49. The van der Waals surface area contributed by atoms with Gasteiger partial charge in [0.2, 0.25) is 5.09 Å². The number of aromatic nitrogens is 3. The maximum atomic E-state index is 12.3. The molecule has 8 heteroatoms. The Kier molecular flexibility index (Phi) is 4.02. The summed E-state index contributed by atoms with van der Waals surface area (Å²) in [5, 5.41) is 7.03. The first-order valence-corrected chi connectivity index (χ1v) is 9.23. The van der Waals surface area contributed by atoms with Gasteiger partial charge in [-0.3, -0.25) is 14.8 Å². The molecule has 0 saturated carbocycles. The zero-order valence-electron chi connectivity index (χ0n) is 13.5. The lowest BCUT2D eigenvalue weighted by atomic mass is 10.0. The first-order valence-electron chi connectivity index (χ1n) is 7.74. The van der Waals surface area contributed by atoms with Crippen molar-refractivity contribution in [2.45, 2.75) is 5.09 Å². The Balaban J connectivity index is 1.69. The number of aromatic amines is 1. The van der Waals surface area contributed by atoms with Crippen LogP contribution >= 0.6 is 0 Å². The third-order valence-corrected chi connectivity index (χ3v) is 5.05. The fourth-order valence-electron chi connectivity index (χ4n) is 2.61. The van der Waals surface area contributed by atoms with Crippen LogP contribution in [0.25, 0.3) is 22.4 Å². The molecule has 0 fully saturated rings. The van der Waals surface area contributed by atoms with Crippen LogP contribution in [0.15, 0.2) is 82.9 Å². The highest BCUT2D eigenvalue weighted by atomic mass is 32.2. The highest BCUT2D eigenvalue weighted by molar-refractivity contribution is 7.92. The second-order valence-electron chi connectivity index (χ2n) is 5.50. The van der Waals surface area contributed by atoms with E-state index < -0.39 is 10.0 Å². The van der Waals surface area contributed by atoms with Crippen molar-refractivity contribution in [1.29, 1.82) is 0 Å². The number of furan rings is 1. The predicted molar refractivity (Wildman–Crippen MR) is 96.8 cm³/mol. The Morgan fingerprint density at radius 1 is 1.00 bits per heavy atom. The largest absolute Gasteiger partial charge is 0.451 e. The van der Waals surface area contributed by atoms with E-state index in [-0.39, 0.29) is 5.09 Å². The van der Waals surface area contributed by atoms with Gasteiger partial charge in [-0.1, -0.05) is 12.1 Å². The molecule has 0 aliphatic heterocycles. The summed E-state index contributed by atoms with van der Waals surface area (Å²) in [6.45, 7) is 0. The van der Waals surface area contributed by atoms with E-state index in [1.165, 1.54) is 18.4 Å². The number of H-pyrrole nitrogens is 1. The molecule has 4 rings (SSSR count). The summed E-state index contributed by atoms with van der Waals surface area (Å²) < 4.78 is 32.1. The number of hydrogen-bond acceptors (Lipinski definition) is 5. The summed E-state index contributed by atoms with van der Waals surface area (Å²) in [7, 11) is -3.77. The molecule has 0 radical (unpaired) electrons. The molecule has 0 aliphatic carbocycles. The smallest absolute Gasteiger partial charge is 0.295 e. The van der Waals surface area contributed by atoms with E-state index in [0.717, 1.165) is 22.4 Å². The number of pyridine rings is 1. The standard InChI is InChI=1S/C18H14N4O3S/c23-26(24,17-5-2-10-25-17)22-15-4-1-3-14(11-15)18-16(12-20-21-18)13-6-8-19-9-7-13/h1-12,22H,(H,20,21). The maximum Gasteiger partial charge on any atom is 0.295 e. The van der Waals surface area contributed by atoms with Gasteiger partial charge in [0.1, 0.15) is 0 Å². The van der Waals surface area contributed by atoms with Gasteiger partial charge in [0, 0.05) is 35.4 Å². The SMILES string of the molecule is O=S(=O)(Nc1cccc(-c2n[nH]cc2-c2ccncc2)c1)c1ccco1. The van der Waals surface area contributed by atoms with Gasteiger partial charge in [-0.05, 0) is 42.0 Å². The molecule has 0 bridgehead atoms. The van der Waals surface area contributed by atoms with Crippen molar-refractivity contribution in [2.75, 3.05) is 4.72 Å². The second-order valence-corrected chi connectivity index (χ2v) is 7.12. The van der Waals surface area contributed by atoms with Gasteiger partial charge in [-0.2, -0.15) is 13.5 Å². The molecule has 130 valence electrons. The molecular weight excluding hydrogens is 352 g/mol. The Morgan fingerprint density at radius 2 is 1.85 bits per heavy atom. The molecule has 3 heterocycles. The molecule has 0 aliphatic rings. The number of nitrogens with one attached hydrogen (secondary N) is 2. The maximum absolute atomic E-state index is 12.3. The van der Waals surface area contributed by atoms with Crippen LogP contribution in [0.4, 0.5) is 5.69 Å². The fourth-order valence-corrected chi connectivity index (χ4v) is 3.59.